The van der Waals surface area contributed by atoms with Crippen molar-refractivity contribution < 1.29 is 0 Å². The molecule has 0 saturated heterocycles. The number of nitrogens with two attached hydrogens (primary N) is 1. The Morgan fingerprint density at radius 1 is 0.966 bits per heavy atom. The van der Waals surface area contributed by atoms with Crippen LogP contribution in [0.25, 0.3) is 20.2 Å². The normalized spacial score (nSPS) is 10.2. The summed E-state index contributed by atoms with van der Waals surface area (Å²) in [7, 11) is 4.08. The molecule has 1 aromatic heterocycles. The van der Waals surface area contributed by atoms with Crippen molar-refractivity contribution in [1.82, 2.24) is 4.90 Å². The molecule has 2 aromatic carbocycles. The molecule has 0 amide bonds. The van der Waals surface area contributed by atoms with E-state index in [4.69, 9.17) is 5.73 Å². The summed E-state index contributed by atoms with van der Waals surface area (Å²) in [6.07, 6.45) is 0.896. The van der Waals surface area contributed by atoms with Crippen LogP contribution in [0.15, 0.2) is 41.2 Å². The summed E-state index contributed by atoms with van der Waals surface area (Å²) in [4.78, 5) is 15.3. The smallest absolute Gasteiger partial charge is 0.198 e. The van der Waals surface area contributed by atoms with Crippen LogP contribution in [0.3, 0.4) is 0 Å². The minimum Gasteiger partial charge on any atom is -0.384 e. The molecule has 3 rings (SSSR count). The van der Waals surface area contributed by atoms with Gasteiger partial charge in [0, 0.05) is 35.4 Å². The van der Waals surface area contributed by atoms with Crippen LogP contribution in [-0.4, -0.2) is 45.2 Å². The molecule has 162 valence electrons. The van der Waals surface area contributed by atoms with E-state index in [1.54, 1.807) is 11.3 Å². The fourth-order valence-corrected chi connectivity index (χ4v) is 4.12. The maximum atomic E-state index is 13.2. The summed E-state index contributed by atoms with van der Waals surface area (Å²) < 4.78 is 2.01. The van der Waals surface area contributed by atoms with Crippen LogP contribution in [-0.2, 0) is 0 Å². The maximum Gasteiger partial charge on any atom is 0.198 e. The first kappa shape index (κ1) is 27.7. The molecule has 3 aromatic rings. The zero-order valence-electron chi connectivity index (χ0n) is 16.6. The minimum absolute atomic E-state index is 0. The van der Waals surface area contributed by atoms with Crippen molar-refractivity contribution in [2.24, 2.45) is 5.73 Å². The average molecular weight is 480 g/mol. The Morgan fingerprint density at radius 2 is 1.62 bits per heavy atom. The van der Waals surface area contributed by atoms with Crippen LogP contribution in [0.1, 0.15) is 6.42 Å². The highest BCUT2D eigenvalue weighted by Crippen LogP contribution is 2.34. The van der Waals surface area contributed by atoms with Crippen LogP contribution < -0.4 is 21.8 Å². The van der Waals surface area contributed by atoms with Gasteiger partial charge in [-0.1, -0.05) is 12.1 Å². The highest BCUT2D eigenvalue weighted by Gasteiger charge is 2.13. The highest BCUT2D eigenvalue weighted by molar-refractivity contribution is 7.25. The van der Waals surface area contributed by atoms with Gasteiger partial charge in [-0.15, -0.1) is 48.6 Å². The van der Waals surface area contributed by atoms with Crippen LogP contribution in [0.5, 0.6) is 0 Å². The van der Waals surface area contributed by atoms with E-state index in [-0.39, 0.29) is 42.6 Å². The zero-order chi connectivity index (χ0) is 18.5. The Kier molecular flexibility index (Phi) is 12.5. The molecule has 4 N–H and O–H groups in total. The predicted molar refractivity (Wildman–Crippen MR) is 137 cm³/mol. The summed E-state index contributed by atoms with van der Waals surface area (Å²) in [5, 5.41) is 8.42. The van der Waals surface area contributed by atoms with E-state index in [9.17, 15) is 4.79 Å². The predicted octanol–water partition coefficient (Wildman–Crippen LogP) is 4.41. The molecular weight excluding hydrogens is 451 g/mol. The Bertz CT molecular complexity index is 966. The summed E-state index contributed by atoms with van der Waals surface area (Å²) in [6, 6.07) is 11.9. The standard InChI is InChI=1S/C20H26N4OS.3ClH/c1-24(2)13-12-23-15-8-9-16(22-11-5-10-21)20-18(15)19(25)14-6-3-4-7-17(14)26-20;;;/h3-4,6-9,22-23H,5,10-13,21H2,1-2H3;3*1H. The van der Waals surface area contributed by atoms with Crippen molar-refractivity contribution in [2.75, 3.05) is 50.9 Å². The molecule has 0 bridgehead atoms. The number of hydrogen-bond donors (Lipinski definition) is 3. The summed E-state index contributed by atoms with van der Waals surface area (Å²) in [5.74, 6) is 0. The van der Waals surface area contributed by atoms with Gasteiger partial charge in [0.15, 0.2) is 5.43 Å². The molecule has 0 aliphatic carbocycles. The second-order valence-corrected chi connectivity index (χ2v) is 7.64. The van der Waals surface area contributed by atoms with Gasteiger partial charge in [0.25, 0.3) is 0 Å². The van der Waals surface area contributed by atoms with Crippen LogP contribution in [0, 0.1) is 0 Å². The lowest BCUT2D eigenvalue weighted by Gasteiger charge is -2.16. The van der Waals surface area contributed by atoms with E-state index in [1.807, 2.05) is 44.4 Å². The molecule has 0 fully saturated rings. The fraction of sp³-hybridized carbons (Fsp3) is 0.350. The second-order valence-electron chi connectivity index (χ2n) is 6.59. The number of fused-ring (bicyclic) bond motifs is 2. The molecule has 0 radical (unpaired) electrons. The van der Waals surface area contributed by atoms with Crippen LogP contribution in [0.4, 0.5) is 11.4 Å². The number of benzene rings is 2. The van der Waals surface area contributed by atoms with Gasteiger partial charge in [-0.05, 0) is 51.3 Å². The Hall–Kier alpha value is -1.28. The lowest BCUT2D eigenvalue weighted by molar-refractivity contribution is 0.425. The number of hydrogen-bond acceptors (Lipinski definition) is 6. The largest absolute Gasteiger partial charge is 0.384 e. The summed E-state index contributed by atoms with van der Waals surface area (Å²) in [5.41, 5.74) is 7.59. The molecule has 0 atom stereocenters. The Balaban J connectivity index is 0.00000261. The SMILES string of the molecule is CN(C)CCNc1ccc(NCCCN)c2sc3ccccc3c(=O)c12.Cl.Cl.Cl. The third kappa shape index (κ3) is 6.60. The van der Waals surface area contributed by atoms with Crippen molar-refractivity contribution >= 4 is 80.1 Å². The molecule has 0 saturated carbocycles. The summed E-state index contributed by atoms with van der Waals surface area (Å²) >= 11 is 1.66. The highest BCUT2D eigenvalue weighted by atomic mass is 35.5. The number of likely N-dealkylation sites (N-methyl/N-ethyl adjacent to an activating group) is 1. The van der Waals surface area contributed by atoms with Gasteiger partial charge in [0.2, 0.25) is 0 Å². The average Bonchev–Trinajstić information content (AvgIpc) is 2.63. The van der Waals surface area contributed by atoms with E-state index in [2.05, 4.69) is 21.6 Å². The Morgan fingerprint density at radius 3 is 2.31 bits per heavy atom. The van der Waals surface area contributed by atoms with E-state index in [1.165, 1.54) is 0 Å². The van der Waals surface area contributed by atoms with E-state index in [0.717, 1.165) is 57.6 Å². The van der Waals surface area contributed by atoms with Crippen LogP contribution >= 0.6 is 48.6 Å². The van der Waals surface area contributed by atoms with Gasteiger partial charge in [0.1, 0.15) is 0 Å². The maximum absolute atomic E-state index is 13.2. The lowest BCUT2D eigenvalue weighted by atomic mass is 10.1. The van der Waals surface area contributed by atoms with E-state index in [0.29, 0.717) is 6.54 Å². The molecule has 5 nitrogen and oxygen atoms in total. The third-order valence-corrected chi connectivity index (χ3v) is 5.50. The quantitative estimate of drug-likeness (QED) is 0.330. The Labute approximate surface area is 194 Å². The molecule has 0 aliphatic heterocycles. The number of anilines is 2. The van der Waals surface area contributed by atoms with E-state index >= 15 is 0 Å². The molecular formula is C20H29Cl3N4OS. The number of halogens is 3. The first-order valence-corrected chi connectivity index (χ1v) is 9.74. The topological polar surface area (TPSA) is 70.4 Å². The van der Waals surface area contributed by atoms with Gasteiger partial charge >= 0.3 is 0 Å². The molecule has 0 spiro atoms. The van der Waals surface area contributed by atoms with Crippen molar-refractivity contribution in [3.63, 3.8) is 0 Å². The van der Waals surface area contributed by atoms with Crippen molar-refractivity contribution in [2.45, 2.75) is 6.42 Å². The monoisotopic (exact) mass is 478 g/mol. The number of nitrogens with zero attached hydrogens (tertiary/aromatic N) is 1. The minimum atomic E-state index is 0. The van der Waals surface area contributed by atoms with Gasteiger partial charge in [-0.2, -0.15) is 0 Å². The van der Waals surface area contributed by atoms with E-state index < -0.39 is 0 Å². The molecule has 1 heterocycles. The molecule has 29 heavy (non-hydrogen) atoms. The van der Waals surface area contributed by atoms with Crippen molar-refractivity contribution in [1.29, 1.82) is 0 Å². The van der Waals surface area contributed by atoms with Crippen molar-refractivity contribution in [3.8, 4) is 0 Å². The van der Waals surface area contributed by atoms with Gasteiger partial charge in [0.05, 0.1) is 15.8 Å². The fourth-order valence-electron chi connectivity index (χ4n) is 2.93. The molecule has 0 unspecified atom stereocenters. The first-order valence-electron chi connectivity index (χ1n) is 8.93. The summed E-state index contributed by atoms with van der Waals surface area (Å²) in [6.45, 7) is 3.14. The first-order chi connectivity index (χ1) is 12.6. The van der Waals surface area contributed by atoms with Gasteiger partial charge in [-0.3, -0.25) is 4.79 Å². The number of nitrogens with one attached hydrogen (secondary N) is 2. The second kappa shape index (κ2) is 13.1. The van der Waals surface area contributed by atoms with Crippen LogP contribution in [0.2, 0.25) is 0 Å². The van der Waals surface area contributed by atoms with Gasteiger partial charge < -0.3 is 21.3 Å². The lowest BCUT2D eigenvalue weighted by Crippen LogP contribution is -2.21. The van der Waals surface area contributed by atoms with Gasteiger partial charge in [-0.25, -0.2) is 0 Å². The van der Waals surface area contributed by atoms with Crippen molar-refractivity contribution in [3.05, 3.63) is 46.6 Å². The third-order valence-electron chi connectivity index (χ3n) is 4.30. The molecule has 0 aliphatic rings. The molecule has 9 heteroatoms. The zero-order valence-corrected chi connectivity index (χ0v) is 19.8. The number of rotatable bonds is 8.